The molecule has 0 atom stereocenters. The normalized spacial score (nSPS) is 16.9. The number of rotatable bonds is 3. The number of nitriles is 1. The van der Waals surface area contributed by atoms with Crippen LogP contribution in [-0.4, -0.2) is 15.5 Å². The average Bonchev–Trinajstić information content (AvgIpc) is 2.90. The fraction of sp³-hybridized carbons (Fsp3) is 0.385. The highest BCUT2D eigenvalue weighted by atomic mass is 15.0. The van der Waals surface area contributed by atoms with Crippen LogP contribution in [0.2, 0.25) is 0 Å². The van der Waals surface area contributed by atoms with Crippen molar-refractivity contribution in [1.82, 2.24) is 15.3 Å². The van der Waals surface area contributed by atoms with Crippen LogP contribution in [0, 0.1) is 11.3 Å². The molecule has 86 valence electrons. The molecule has 1 fully saturated rings. The second-order valence-electron chi connectivity index (χ2n) is 4.93. The van der Waals surface area contributed by atoms with Gasteiger partial charge in [-0.2, -0.15) is 5.26 Å². The molecule has 0 radical (unpaired) electrons. The molecule has 0 unspecified atom stereocenters. The van der Waals surface area contributed by atoms with Gasteiger partial charge in [-0.05, 0) is 37.5 Å². The van der Waals surface area contributed by atoms with E-state index in [0.717, 1.165) is 23.1 Å². The maximum atomic E-state index is 8.96. The minimum Gasteiger partial charge on any atom is -0.360 e. The molecule has 1 aliphatic rings. The van der Waals surface area contributed by atoms with E-state index in [-0.39, 0.29) is 0 Å². The predicted molar refractivity (Wildman–Crippen MR) is 65.3 cm³/mol. The first-order chi connectivity index (χ1) is 8.20. The molecule has 0 amide bonds. The molecule has 4 heteroatoms. The van der Waals surface area contributed by atoms with Crippen LogP contribution in [0.25, 0.3) is 11.0 Å². The van der Waals surface area contributed by atoms with Crippen LogP contribution in [0.4, 0.5) is 0 Å². The van der Waals surface area contributed by atoms with Crippen molar-refractivity contribution >= 4 is 11.0 Å². The number of pyridine rings is 1. The van der Waals surface area contributed by atoms with Gasteiger partial charge < -0.3 is 10.3 Å². The van der Waals surface area contributed by atoms with E-state index < -0.39 is 0 Å². The highest BCUT2D eigenvalue weighted by Gasteiger charge is 2.36. The van der Waals surface area contributed by atoms with E-state index in [4.69, 9.17) is 5.26 Å². The Hall–Kier alpha value is -1.86. The van der Waals surface area contributed by atoms with E-state index in [2.05, 4.69) is 28.3 Å². The van der Waals surface area contributed by atoms with Crippen LogP contribution in [-0.2, 0) is 6.54 Å². The highest BCUT2D eigenvalue weighted by molar-refractivity contribution is 5.79. The standard InChI is InChI=1S/C13H14N4/c1-13(3-4-13)16-8-9-6-10(7-14)17-11-2-5-15-12(9)11/h2,5-6,15-16H,3-4,8H2,1H3. The lowest BCUT2D eigenvalue weighted by Crippen LogP contribution is -2.27. The number of hydrogen-bond donors (Lipinski definition) is 2. The van der Waals surface area contributed by atoms with Gasteiger partial charge in [0.05, 0.1) is 11.0 Å². The van der Waals surface area contributed by atoms with Gasteiger partial charge in [-0.1, -0.05) is 0 Å². The quantitative estimate of drug-likeness (QED) is 0.842. The van der Waals surface area contributed by atoms with Gasteiger partial charge in [0.15, 0.2) is 0 Å². The van der Waals surface area contributed by atoms with E-state index in [1.54, 1.807) is 0 Å². The summed E-state index contributed by atoms with van der Waals surface area (Å²) in [7, 11) is 0. The number of aromatic nitrogens is 2. The summed E-state index contributed by atoms with van der Waals surface area (Å²) in [6.07, 6.45) is 4.33. The summed E-state index contributed by atoms with van der Waals surface area (Å²) in [6, 6.07) is 5.87. The van der Waals surface area contributed by atoms with Crippen LogP contribution < -0.4 is 5.32 Å². The molecular weight excluding hydrogens is 212 g/mol. The van der Waals surface area contributed by atoms with Crippen LogP contribution in [0.3, 0.4) is 0 Å². The molecule has 1 saturated carbocycles. The van der Waals surface area contributed by atoms with Crippen molar-refractivity contribution in [3.63, 3.8) is 0 Å². The summed E-state index contributed by atoms with van der Waals surface area (Å²) >= 11 is 0. The van der Waals surface area contributed by atoms with Gasteiger partial charge in [-0.3, -0.25) is 0 Å². The van der Waals surface area contributed by atoms with Crippen LogP contribution in [0.15, 0.2) is 18.3 Å². The summed E-state index contributed by atoms with van der Waals surface area (Å²) in [6.45, 7) is 3.01. The van der Waals surface area contributed by atoms with Gasteiger partial charge in [0.25, 0.3) is 0 Å². The van der Waals surface area contributed by atoms with Crippen molar-refractivity contribution in [1.29, 1.82) is 5.26 Å². The molecule has 17 heavy (non-hydrogen) atoms. The first kappa shape index (κ1) is 10.3. The molecular formula is C13H14N4. The third-order valence-electron chi connectivity index (χ3n) is 3.42. The van der Waals surface area contributed by atoms with Crippen molar-refractivity contribution in [2.24, 2.45) is 0 Å². The Kier molecular flexibility index (Phi) is 2.17. The largest absolute Gasteiger partial charge is 0.360 e. The minimum atomic E-state index is 0.301. The summed E-state index contributed by atoms with van der Waals surface area (Å²) in [5.41, 5.74) is 3.79. The number of nitrogens with one attached hydrogen (secondary N) is 2. The predicted octanol–water partition coefficient (Wildman–Crippen LogP) is 2.08. The van der Waals surface area contributed by atoms with Gasteiger partial charge in [0, 0.05) is 18.3 Å². The van der Waals surface area contributed by atoms with Crippen molar-refractivity contribution < 1.29 is 0 Å². The Bertz CT molecular complexity index is 601. The molecule has 2 heterocycles. The summed E-state index contributed by atoms with van der Waals surface area (Å²) < 4.78 is 0. The Morgan fingerprint density at radius 3 is 3.12 bits per heavy atom. The van der Waals surface area contributed by atoms with E-state index in [1.807, 2.05) is 18.3 Å². The molecule has 0 aromatic carbocycles. The first-order valence-corrected chi connectivity index (χ1v) is 5.82. The summed E-state index contributed by atoms with van der Waals surface area (Å²) in [5, 5.41) is 12.5. The summed E-state index contributed by atoms with van der Waals surface area (Å²) in [4.78, 5) is 7.44. The van der Waals surface area contributed by atoms with E-state index in [0.29, 0.717) is 11.2 Å². The zero-order chi connectivity index (χ0) is 11.9. The summed E-state index contributed by atoms with van der Waals surface area (Å²) in [5.74, 6) is 0. The van der Waals surface area contributed by atoms with Crippen molar-refractivity contribution in [3.05, 3.63) is 29.6 Å². The number of aromatic amines is 1. The molecule has 2 N–H and O–H groups in total. The van der Waals surface area contributed by atoms with Crippen molar-refractivity contribution in [3.8, 4) is 6.07 Å². The van der Waals surface area contributed by atoms with Gasteiger partial charge in [0.1, 0.15) is 11.8 Å². The van der Waals surface area contributed by atoms with Crippen LogP contribution >= 0.6 is 0 Å². The van der Waals surface area contributed by atoms with Gasteiger partial charge in [-0.25, -0.2) is 4.98 Å². The lowest BCUT2D eigenvalue weighted by Gasteiger charge is -2.11. The van der Waals surface area contributed by atoms with Gasteiger partial charge >= 0.3 is 0 Å². The second kappa shape index (κ2) is 3.57. The van der Waals surface area contributed by atoms with E-state index in [9.17, 15) is 0 Å². The highest BCUT2D eigenvalue weighted by Crippen LogP contribution is 2.34. The zero-order valence-corrected chi connectivity index (χ0v) is 9.75. The number of H-pyrrole nitrogens is 1. The fourth-order valence-electron chi connectivity index (χ4n) is 1.98. The monoisotopic (exact) mass is 226 g/mol. The minimum absolute atomic E-state index is 0.301. The Morgan fingerprint density at radius 2 is 2.41 bits per heavy atom. The number of fused-ring (bicyclic) bond motifs is 1. The lowest BCUT2D eigenvalue weighted by molar-refractivity contribution is 0.539. The molecule has 1 aliphatic carbocycles. The molecule has 0 aliphatic heterocycles. The molecule has 0 saturated heterocycles. The topological polar surface area (TPSA) is 64.5 Å². The second-order valence-corrected chi connectivity index (χ2v) is 4.93. The van der Waals surface area contributed by atoms with E-state index in [1.165, 1.54) is 12.8 Å². The zero-order valence-electron chi connectivity index (χ0n) is 9.75. The molecule has 0 spiro atoms. The Morgan fingerprint density at radius 1 is 1.59 bits per heavy atom. The molecule has 2 aromatic rings. The average molecular weight is 226 g/mol. The molecule has 0 bridgehead atoms. The van der Waals surface area contributed by atoms with Crippen molar-refractivity contribution in [2.75, 3.05) is 0 Å². The molecule has 2 aromatic heterocycles. The van der Waals surface area contributed by atoms with Crippen molar-refractivity contribution in [2.45, 2.75) is 31.8 Å². The van der Waals surface area contributed by atoms with Crippen LogP contribution in [0.5, 0.6) is 0 Å². The number of nitrogens with zero attached hydrogens (tertiary/aromatic N) is 2. The van der Waals surface area contributed by atoms with Gasteiger partial charge in [-0.15, -0.1) is 0 Å². The number of hydrogen-bond acceptors (Lipinski definition) is 3. The van der Waals surface area contributed by atoms with Gasteiger partial charge in [0.2, 0.25) is 0 Å². The maximum Gasteiger partial charge on any atom is 0.141 e. The lowest BCUT2D eigenvalue weighted by atomic mass is 10.1. The van der Waals surface area contributed by atoms with Crippen LogP contribution in [0.1, 0.15) is 31.0 Å². The first-order valence-electron chi connectivity index (χ1n) is 5.82. The fourth-order valence-corrected chi connectivity index (χ4v) is 1.98. The Balaban J connectivity index is 1.95. The van der Waals surface area contributed by atoms with E-state index >= 15 is 0 Å². The smallest absolute Gasteiger partial charge is 0.141 e. The SMILES string of the molecule is CC1(NCc2cc(C#N)nc3cc[nH]c23)CC1. The third-order valence-corrected chi connectivity index (χ3v) is 3.42. The maximum absolute atomic E-state index is 8.96. The Labute approximate surface area is 99.7 Å². The third kappa shape index (κ3) is 1.90. The molecule has 4 nitrogen and oxygen atoms in total. The molecule has 3 rings (SSSR count).